The van der Waals surface area contributed by atoms with Crippen LogP contribution >= 0.6 is 11.6 Å². The number of hydrogen-bond donors (Lipinski definition) is 1. The van der Waals surface area contributed by atoms with E-state index >= 15 is 0 Å². The third-order valence-corrected chi connectivity index (χ3v) is 5.37. The number of carbonyl (C=O) groups excluding carboxylic acids is 1. The number of amides is 1. The average molecular weight is 374 g/mol. The van der Waals surface area contributed by atoms with Crippen molar-refractivity contribution in [2.24, 2.45) is 0 Å². The van der Waals surface area contributed by atoms with Crippen molar-refractivity contribution in [1.82, 2.24) is 4.90 Å². The van der Waals surface area contributed by atoms with E-state index in [9.17, 15) is 9.90 Å². The second-order valence-corrected chi connectivity index (χ2v) is 6.90. The van der Waals surface area contributed by atoms with Crippen LogP contribution in [0.25, 0.3) is 0 Å². The molecule has 1 saturated heterocycles. The van der Waals surface area contributed by atoms with Crippen molar-refractivity contribution in [2.75, 3.05) is 19.8 Å². The number of hydrogen-bond acceptors (Lipinski definition) is 4. The maximum atomic E-state index is 13.4. The van der Waals surface area contributed by atoms with E-state index in [4.69, 9.17) is 21.1 Å². The molecule has 2 heterocycles. The molecule has 2 aromatic rings. The monoisotopic (exact) mass is 373 g/mol. The van der Waals surface area contributed by atoms with Gasteiger partial charge in [0, 0.05) is 17.1 Å². The lowest BCUT2D eigenvalue weighted by Gasteiger charge is -2.41. The molecule has 0 aliphatic carbocycles. The van der Waals surface area contributed by atoms with E-state index in [1.807, 2.05) is 36.4 Å². The fourth-order valence-corrected chi connectivity index (χ4v) is 4.00. The molecule has 6 heteroatoms. The Kier molecular flexibility index (Phi) is 4.96. The molecule has 136 valence electrons. The zero-order chi connectivity index (χ0) is 18.1. The van der Waals surface area contributed by atoms with Gasteiger partial charge in [0.05, 0.1) is 32.5 Å². The Labute approximate surface area is 157 Å². The maximum Gasteiger partial charge on any atom is 0.254 e. The summed E-state index contributed by atoms with van der Waals surface area (Å²) in [6.45, 7) is 1.61. The first-order chi connectivity index (χ1) is 12.7. The van der Waals surface area contributed by atoms with Crippen molar-refractivity contribution in [3.63, 3.8) is 0 Å². The van der Waals surface area contributed by atoms with E-state index in [1.165, 1.54) is 0 Å². The fourth-order valence-electron chi connectivity index (χ4n) is 3.76. The van der Waals surface area contributed by atoms with Crippen LogP contribution in [0.3, 0.4) is 0 Å². The molecule has 0 radical (unpaired) electrons. The van der Waals surface area contributed by atoms with Crippen LogP contribution in [0.1, 0.15) is 33.1 Å². The predicted molar refractivity (Wildman–Crippen MR) is 97.0 cm³/mol. The third-order valence-electron chi connectivity index (χ3n) is 5.02. The second-order valence-electron chi connectivity index (χ2n) is 6.49. The van der Waals surface area contributed by atoms with Gasteiger partial charge in [0.25, 0.3) is 5.91 Å². The lowest BCUT2D eigenvalue weighted by atomic mass is 9.95. The molecule has 0 spiro atoms. The zero-order valence-electron chi connectivity index (χ0n) is 14.2. The summed E-state index contributed by atoms with van der Waals surface area (Å²) in [5.74, 6) is -0.0842. The Bertz CT molecular complexity index is 825. The lowest BCUT2D eigenvalue weighted by molar-refractivity contribution is -0.0811. The largest absolute Gasteiger partial charge is 0.394 e. The molecule has 4 rings (SSSR count). The van der Waals surface area contributed by atoms with Crippen molar-refractivity contribution in [3.8, 4) is 0 Å². The zero-order valence-corrected chi connectivity index (χ0v) is 15.0. The molecule has 2 aliphatic heterocycles. The van der Waals surface area contributed by atoms with Gasteiger partial charge in [-0.15, -0.1) is 0 Å². The summed E-state index contributed by atoms with van der Waals surface area (Å²) in [7, 11) is 0. The molecule has 1 fully saturated rings. The van der Waals surface area contributed by atoms with Crippen LogP contribution in [0.5, 0.6) is 0 Å². The highest BCUT2D eigenvalue weighted by atomic mass is 35.5. The molecule has 1 N–H and O–H groups in total. The molecule has 2 aromatic carbocycles. The quantitative estimate of drug-likeness (QED) is 0.898. The van der Waals surface area contributed by atoms with Gasteiger partial charge in [-0.1, -0.05) is 41.9 Å². The van der Waals surface area contributed by atoms with Crippen LogP contribution in [0, 0.1) is 0 Å². The van der Waals surface area contributed by atoms with Gasteiger partial charge in [0.2, 0.25) is 0 Å². The van der Waals surface area contributed by atoms with Crippen LogP contribution in [0.4, 0.5) is 0 Å². The second kappa shape index (κ2) is 7.37. The molecule has 0 unspecified atom stereocenters. The summed E-state index contributed by atoms with van der Waals surface area (Å²) in [5.41, 5.74) is 3.43. The van der Waals surface area contributed by atoms with Gasteiger partial charge >= 0.3 is 0 Å². The summed E-state index contributed by atoms with van der Waals surface area (Å²) in [6.07, 6.45) is -0.513. The highest BCUT2D eigenvalue weighted by molar-refractivity contribution is 6.31. The van der Waals surface area contributed by atoms with E-state index in [2.05, 4.69) is 0 Å². The van der Waals surface area contributed by atoms with Crippen LogP contribution in [-0.2, 0) is 22.7 Å². The predicted octanol–water partition coefficient (Wildman–Crippen LogP) is 2.94. The molecule has 26 heavy (non-hydrogen) atoms. The Morgan fingerprint density at radius 2 is 2.04 bits per heavy atom. The standard InChI is InChI=1S/C20H20ClNO4/c21-17-7-2-1-5-15(17)19-18(10-23)26-9-8-22(19)20(24)14-6-3-4-13-11-25-12-16(13)14/h1-7,18-19,23H,8-12H2/t18-,19-/m0/s1. The van der Waals surface area contributed by atoms with Gasteiger partial charge in [0.1, 0.15) is 6.10 Å². The summed E-state index contributed by atoms with van der Waals surface area (Å²) < 4.78 is 11.2. The van der Waals surface area contributed by atoms with Crippen molar-refractivity contribution < 1.29 is 19.4 Å². The van der Waals surface area contributed by atoms with E-state index < -0.39 is 12.1 Å². The smallest absolute Gasteiger partial charge is 0.254 e. The fraction of sp³-hybridized carbons (Fsp3) is 0.350. The first kappa shape index (κ1) is 17.5. The maximum absolute atomic E-state index is 13.4. The molecular weight excluding hydrogens is 354 g/mol. The first-order valence-corrected chi connectivity index (χ1v) is 9.05. The summed E-state index contributed by atoms with van der Waals surface area (Å²) >= 11 is 6.39. The van der Waals surface area contributed by atoms with Gasteiger partial charge in [-0.3, -0.25) is 4.79 Å². The summed E-state index contributed by atoms with van der Waals surface area (Å²) in [4.78, 5) is 15.2. The number of rotatable bonds is 3. The van der Waals surface area contributed by atoms with E-state index in [0.29, 0.717) is 37.0 Å². The molecule has 0 bridgehead atoms. The van der Waals surface area contributed by atoms with Gasteiger partial charge in [-0.25, -0.2) is 0 Å². The number of aliphatic hydroxyl groups is 1. The van der Waals surface area contributed by atoms with Crippen LogP contribution < -0.4 is 0 Å². The lowest BCUT2D eigenvalue weighted by Crippen LogP contribution is -2.49. The Morgan fingerprint density at radius 3 is 2.85 bits per heavy atom. The molecule has 0 saturated carbocycles. The minimum Gasteiger partial charge on any atom is -0.394 e. The normalized spacial score (nSPS) is 22.3. The summed E-state index contributed by atoms with van der Waals surface area (Å²) in [5, 5.41) is 10.4. The molecule has 5 nitrogen and oxygen atoms in total. The van der Waals surface area contributed by atoms with Gasteiger partial charge < -0.3 is 19.5 Å². The van der Waals surface area contributed by atoms with Gasteiger partial charge in [-0.05, 0) is 28.8 Å². The Hall–Kier alpha value is -1.92. The van der Waals surface area contributed by atoms with Crippen molar-refractivity contribution in [1.29, 1.82) is 0 Å². The van der Waals surface area contributed by atoms with Gasteiger partial charge in [0.15, 0.2) is 0 Å². The minimum absolute atomic E-state index is 0.0842. The molecular formula is C20H20ClNO4. The van der Waals surface area contributed by atoms with E-state index in [1.54, 1.807) is 11.0 Å². The highest BCUT2D eigenvalue weighted by Crippen LogP contribution is 2.36. The number of fused-ring (bicyclic) bond motifs is 1. The van der Waals surface area contributed by atoms with Crippen LogP contribution in [0.15, 0.2) is 42.5 Å². The number of nitrogens with zero attached hydrogens (tertiary/aromatic N) is 1. The topological polar surface area (TPSA) is 59.0 Å². The molecule has 2 aliphatic rings. The minimum atomic E-state index is -0.513. The highest BCUT2D eigenvalue weighted by Gasteiger charge is 2.38. The Morgan fingerprint density at radius 1 is 1.19 bits per heavy atom. The van der Waals surface area contributed by atoms with Crippen LogP contribution in [0.2, 0.25) is 5.02 Å². The van der Waals surface area contributed by atoms with Crippen molar-refractivity contribution in [3.05, 3.63) is 69.7 Å². The van der Waals surface area contributed by atoms with Crippen LogP contribution in [-0.4, -0.2) is 41.8 Å². The number of ether oxygens (including phenoxy) is 2. The first-order valence-electron chi connectivity index (χ1n) is 8.67. The molecule has 0 aromatic heterocycles. The molecule has 2 atom stereocenters. The number of carbonyl (C=O) groups is 1. The average Bonchev–Trinajstić information content (AvgIpc) is 3.16. The van der Waals surface area contributed by atoms with E-state index in [-0.39, 0.29) is 12.5 Å². The molecule has 1 amide bonds. The van der Waals surface area contributed by atoms with Gasteiger partial charge in [-0.2, -0.15) is 0 Å². The summed E-state index contributed by atoms with van der Waals surface area (Å²) in [6, 6.07) is 12.7. The number of morpholine rings is 1. The van der Waals surface area contributed by atoms with Crippen molar-refractivity contribution >= 4 is 17.5 Å². The van der Waals surface area contributed by atoms with E-state index in [0.717, 1.165) is 16.7 Å². The third kappa shape index (κ3) is 3.01. The SMILES string of the molecule is O=C(c1cccc2c1COC2)N1CCO[C@@H](CO)[C@@H]1c1ccccc1Cl. The number of aliphatic hydroxyl groups excluding tert-OH is 1. The Balaban J connectivity index is 1.75. The number of halogens is 1. The number of benzene rings is 2. The van der Waals surface area contributed by atoms with Crippen molar-refractivity contribution in [2.45, 2.75) is 25.4 Å².